The van der Waals surface area contributed by atoms with E-state index in [1.54, 1.807) is 4.90 Å². The number of carboxylic acids is 1. The largest absolute Gasteiger partial charge is 0.480 e. The Morgan fingerprint density at radius 2 is 1.94 bits per heavy atom. The van der Waals surface area contributed by atoms with E-state index in [0.717, 1.165) is 54.3 Å². The van der Waals surface area contributed by atoms with Crippen molar-refractivity contribution in [1.29, 1.82) is 0 Å². The number of anilines is 1. The number of hydrogen-bond donors (Lipinski definition) is 2. The highest BCUT2D eigenvalue weighted by Gasteiger charge is 2.29. The number of nitrogens with zero attached hydrogens (tertiary/aromatic N) is 2. The van der Waals surface area contributed by atoms with Gasteiger partial charge < -0.3 is 14.7 Å². The van der Waals surface area contributed by atoms with Gasteiger partial charge in [0.15, 0.2) is 20.7 Å². The molecule has 2 N–H and O–H groups in total. The molecular weight excluding hydrogens is 478 g/mol. The molecule has 0 atom stereocenters. The van der Waals surface area contributed by atoms with Crippen LogP contribution in [0, 0.1) is 12.8 Å². The highest BCUT2D eigenvalue weighted by molar-refractivity contribution is 7.94. The number of nitrogens with one attached hydrogen (secondary N) is 1. The topological polar surface area (TPSA) is 126 Å². The summed E-state index contributed by atoms with van der Waals surface area (Å²) in [5.74, 6) is -1.84. The molecule has 1 aromatic carbocycles. The van der Waals surface area contributed by atoms with Crippen LogP contribution in [0.2, 0.25) is 0 Å². The fourth-order valence-corrected chi connectivity index (χ4v) is 6.12. The predicted octanol–water partition coefficient (Wildman–Crippen LogP) is 3.94. The van der Waals surface area contributed by atoms with Crippen LogP contribution in [0.5, 0.6) is 0 Å². The number of carbonyl (C=O) groups is 2. The van der Waals surface area contributed by atoms with E-state index in [0.29, 0.717) is 25.7 Å². The smallest absolute Gasteiger partial charge is 0.323 e. The number of urea groups is 1. The molecule has 1 heterocycles. The monoisotopic (exact) mass is 509 g/mol. The first-order chi connectivity index (χ1) is 16.2. The molecule has 0 saturated heterocycles. The molecule has 0 unspecified atom stereocenters. The quantitative estimate of drug-likeness (QED) is 0.465. The maximum Gasteiger partial charge on any atom is 0.323 e. The van der Waals surface area contributed by atoms with E-state index < -0.39 is 21.6 Å². The molecule has 0 bridgehead atoms. The molecule has 0 aliphatic heterocycles. The zero-order chi connectivity index (χ0) is 24.7. The van der Waals surface area contributed by atoms with Gasteiger partial charge in [-0.1, -0.05) is 42.5 Å². The number of aromatic nitrogens is 1. The summed E-state index contributed by atoms with van der Waals surface area (Å²) in [6.07, 6.45) is 4.93. The number of amides is 2. The summed E-state index contributed by atoms with van der Waals surface area (Å²) in [5, 5.41) is 11.6. The Labute approximate surface area is 204 Å². The van der Waals surface area contributed by atoms with Crippen molar-refractivity contribution in [2.75, 3.05) is 24.2 Å². The number of hydrogen-bond acceptors (Lipinski definition) is 7. The number of carbonyl (C=O) groups excluding carboxylic acids is 1. The van der Waals surface area contributed by atoms with Gasteiger partial charge in [-0.05, 0) is 49.7 Å². The standard InChI is InChI=1S/C23H31N3O6S2/c1-16-7-9-19(10-8-16)26(11-12-32-14-18-6-4-3-5-17(18)2)23(29)25-22-24-13-21(33-22)34(30,31)15-20(27)28/h3-6,13,16,19H,7-12,14-15H2,1-2H3,(H,27,28)(H,24,25,29). The van der Waals surface area contributed by atoms with Gasteiger partial charge in [-0.3, -0.25) is 10.1 Å². The van der Waals surface area contributed by atoms with Gasteiger partial charge in [0.2, 0.25) is 0 Å². The summed E-state index contributed by atoms with van der Waals surface area (Å²) < 4.78 is 29.9. The van der Waals surface area contributed by atoms with E-state index in [4.69, 9.17) is 9.84 Å². The minimum atomic E-state index is -4.00. The molecular formula is C23H31N3O6S2. The van der Waals surface area contributed by atoms with Crippen LogP contribution in [-0.4, -0.2) is 60.4 Å². The van der Waals surface area contributed by atoms with E-state index >= 15 is 0 Å². The molecule has 3 rings (SSSR count). The number of aryl methyl sites for hydroxylation is 1. The third-order valence-corrected chi connectivity index (χ3v) is 9.07. The van der Waals surface area contributed by atoms with Crippen molar-refractivity contribution in [3.63, 3.8) is 0 Å². The highest BCUT2D eigenvalue weighted by atomic mass is 32.2. The van der Waals surface area contributed by atoms with Crippen LogP contribution in [0.3, 0.4) is 0 Å². The predicted molar refractivity (Wildman–Crippen MR) is 130 cm³/mol. The van der Waals surface area contributed by atoms with E-state index in [9.17, 15) is 18.0 Å². The Hall–Kier alpha value is -2.50. The average molecular weight is 510 g/mol. The van der Waals surface area contributed by atoms with Crippen LogP contribution < -0.4 is 5.32 Å². The van der Waals surface area contributed by atoms with Crippen molar-refractivity contribution in [2.45, 2.75) is 56.4 Å². The average Bonchev–Trinajstić information content (AvgIpc) is 3.24. The molecule has 11 heteroatoms. The molecule has 1 aliphatic rings. The summed E-state index contributed by atoms with van der Waals surface area (Å²) in [6, 6.07) is 7.69. The molecule has 186 valence electrons. The third kappa shape index (κ3) is 7.25. The van der Waals surface area contributed by atoms with Crippen LogP contribution in [0.15, 0.2) is 34.7 Å². The Balaban J connectivity index is 1.64. The second-order valence-corrected chi connectivity index (χ2v) is 11.9. The lowest BCUT2D eigenvalue weighted by molar-refractivity contribution is -0.134. The van der Waals surface area contributed by atoms with Crippen molar-refractivity contribution in [2.24, 2.45) is 5.92 Å². The third-order valence-electron chi connectivity index (χ3n) is 6.00. The molecule has 1 fully saturated rings. The first kappa shape index (κ1) is 26.1. The number of thiazole rings is 1. The van der Waals surface area contributed by atoms with Crippen molar-refractivity contribution < 1.29 is 27.9 Å². The molecule has 1 aliphatic carbocycles. The second-order valence-electron chi connectivity index (χ2n) is 8.65. The number of benzene rings is 1. The van der Waals surface area contributed by atoms with Gasteiger partial charge in [0.1, 0.15) is 4.21 Å². The first-order valence-corrected chi connectivity index (χ1v) is 13.7. The molecule has 1 aromatic heterocycles. The number of carboxylic acid groups (broad SMARTS) is 1. The lowest BCUT2D eigenvalue weighted by Gasteiger charge is -2.36. The number of rotatable bonds is 10. The Bertz CT molecular complexity index is 1090. The van der Waals surface area contributed by atoms with Gasteiger partial charge in [-0.15, -0.1) is 0 Å². The van der Waals surface area contributed by atoms with E-state index in [2.05, 4.69) is 17.2 Å². The first-order valence-electron chi connectivity index (χ1n) is 11.3. The van der Waals surface area contributed by atoms with Gasteiger partial charge >= 0.3 is 12.0 Å². The molecule has 2 amide bonds. The van der Waals surface area contributed by atoms with Gasteiger partial charge in [-0.25, -0.2) is 18.2 Å². The Morgan fingerprint density at radius 3 is 2.62 bits per heavy atom. The lowest BCUT2D eigenvalue weighted by Crippen LogP contribution is -2.46. The Morgan fingerprint density at radius 1 is 1.24 bits per heavy atom. The zero-order valence-corrected chi connectivity index (χ0v) is 21.0. The van der Waals surface area contributed by atoms with Crippen molar-refractivity contribution in [3.05, 3.63) is 41.6 Å². The van der Waals surface area contributed by atoms with Crippen LogP contribution in [-0.2, 0) is 26.0 Å². The maximum atomic E-state index is 13.1. The van der Waals surface area contributed by atoms with Crippen LogP contribution >= 0.6 is 11.3 Å². The van der Waals surface area contributed by atoms with Crippen molar-refractivity contribution >= 4 is 38.3 Å². The minimum Gasteiger partial charge on any atom is -0.480 e. The van der Waals surface area contributed by atoms with Gasteiger partial charge in [0, 0.05) is 12.6 Å². The molecule has 0 radical (unpaired) electrons. The second kappa shape index (κ2) is 11.8. The summed E-state index contributed by atoms with van der Waals surface area (Å²) in [5.41, 5.74) is 2.25. The lowest BCUT2D eigenvalue weighted by atomic mass is 9.86. The SMILES string of the molecule is Cc1ccccc1COCCN(C(=O)Nc1ncc(S(=O)(=O)CC(=O)O)s1)C1CCC(C)CC1. The minimum absolute atomic E-state index is 0.0634. The summed E-state index contributed by atoms with van der Waals surface area (Å²) >= 11 is 0.750. The van der Waals surface area contributed by atoms with Crippen LogP contribution in [0.4, 0.5) is 9.93 Å². The summed E-state index contributed by atoms with van der Waals surface area (Å²) in [6.45, 7) is 5.46. The zero-order valence-electron chi connectivity index (χ0n) is 19.4. The van der Waals surface area contributed by atoms with E-state index in [1.165, 1.54) is 0 Å². The molecule has 9 nitrogen and oxygen atoms in total. The van der Waals surface area contributed by atoms with Gasteiger partial charge in [0.25, 0.3) is 0 Å². The van der Waals surface area contributed by atoms with Gasteiger partial charge in [-0.2, -0.15) is 0 Å². The normalized spacial score (nSPS) is 18.4. The summed E-state index contributed by atoms with van der Waals surface area (Å²) in [4.78, 5) is 29.7. The van der Waals surface area contributed by atoms with Crippen LogP contribution in [0.1, 0.15) is 43.7 Å². The fraction of sp³-hybridized carbons (Fsp3) is 0.522. The maximum absolute atomic E-state index is 13.1. The van der Waals surface area contributed by atoms with Crippen LogP contribution in [0.25, 0.3) is 0 Å². The van der Waals surface area contributed by atoms with E-state index in [1.807, 2.05) is 31.2 Å². The highest BCUT2D eigenvalue weighted by Crippen LogP contribution is 2.29. The molecule has 0 spiro atoms. The number of aliphatic carboxylic acids is 1. The molecule has 2 aromatic rings. The molecule has 1 saturated carbocycles. The number of sulfone groups is 1. The summed E-state index contributed by atoms with van der Waals surface area (Å²) in [7, 11) is -4.00. The van der Waals surface area contributed by atoms with E-state index in [-0.39, 0.29) is 21.4 Å². The fourth-order valence-electron chi connectivity index (χ4n) is 3.98. The number of ether oxygens (including phenoxy) is 1. The molecule has 34 heavy (non-hydrogen) atoms. The van der Waals surface area contributed by atoms with Crippen molar-refractivity contribution in [1.82, 2.24) is 9.88 Å². The van der Waals surface area contributed by atoms with Gasteiger partial charge in [0.05, 0.1) is 19.4 Å². The Kier molecular flexibility index (Phi) is 9.03. The van der Waals surface area contributed by atoms with Crippen molar-refractivity contribution in [3.8, 4) is 0 Å².